The van der Waals surface area contributed by atoms with Crippen molar-refractivity contribution < 1.29 is 9.53 Å². The third-order valence-corrected chi connectivity index (χ3v) is 6.81. The molecule has 2 aliphatic rings. The molecule has 1 spiro atoms. The third-order valence-electron chi connectivity index (χ3n) is 6.57. The highest BCUT2D eigenvalue weighted by atomic mass is 35.5. The van der Waals surface area contributed by atoms with Crippen molar-refractivity contribution in [2.45, 2.75) is 65.0 Å². The van der Waals surface area contributed by atoms with Gasteiger partial charge in [0.05, 0.1) is 17.2 Å². The highest BCUT2D eigenvalue weighted by Crippen LogP contribution is 2.49. The van der Waals surface area contributed by atoms with Gasteiger partial charge < -0.3 is 9.64 Å². The summed E-state index contributed by atoms with van der Waals surface area (Å²) in [6.45, 7) is 7.67. The molecule has 1 saturated heterocycles. The minimum Gasteiger partial charge on any atom is -0.444 e. The van der Waals surface area contributed by atoms with Crippen LogP contribution in [-0.4, -0.2) is 39.2 Å². The summed E-state index contributed by atoms with van der Waals surface area (Å²) in [4.78, 5) is 32.1. The number of fused-ring (bicyclic) bond motifs is 1. The molecule has 0 bridgehead atoms. The van der Waals surface area contributed by atoms with Crippen LogP contribution in [0, 0.1) is 11.3 Å². The summed E-state index contributed by atoms with van der Waals surface area (Å²) in [6.07, 6.45) is 6.78. The predicted octanol–water partition coefficient (Wildman–Crippen LogP) is 4.87. The number of carbonyl (C=O) groups is 1. The quantitative estimate of drug-likeness (QED) is 0.680. The van der Waals surface area contributed by atoms with Gasteiger partial charge in [-0.2, -0.15) is 0 Å². The third kappa shape index (κ3) is 4.20. The number of benzene rings is 1. The largest absolute Gasteiger partial charge is 0.444 e. The van der Waals surface area contributed by atoms with E-state index in [1.807, 2.05) is 25.7 Å². The molecule has 1 atom stereocenters. The van der Waals surface area contributed by atoms with E-state index < -0.39 is 5.60 Å². The van der Waals surface area contributed by atoms with Crippen molar-refractivity contribution in [2.24, 2.45) is 11.3 Å². The Labute approximate surface area is 182 Å². The van der Waals surface area contributed by atoms with Gasteiger partial charge in [0.25, 0.3) is 5.56 Å². The van der Waals surface area contributed by atoms with Gasteiger partial charge in [-0.15, -0.1) is 0 Å². The van der Waals surface area contributed by atoms with Gasteiger partial charge >= 0.3 is 6.09 Å². The van der Waals surface area contributed by atoms with Gasteiger partial charge in [-0.05, 0) is 69.6 Å². The van der Waals surface area contributed by atoms with Crippen molar-refractivity contribution in [3.63, 3.8) is 0 Å². The van der Waals surface area contributed by atoms with Crippen molar-refractivity contribution in [3.05, 3.63) is 39.9 Å². The Balaban J connectivity index is 1.58. The first-order valence-corrected chi connectivity index (χ1v) is 11.2. The molecule has 0 unspecified atom stereocenters. The van der Waals surface area contributed by atoms with Crippen LogP contribution in [0.2, 0.25) is 5.02 Å². The summed E-state index contributed by atoms with van der Waals surface area (Å²) in [5.41, 5.74) is 0.154. The number of rotatable bonds is 2. The molecule has 2 aromatic rings. The van der Waals surface area contributed by atoms with Crippen LogP contribution in [0.15, 0.2) is 29.3 Å². The molecule has 1 aliphatic heterocycles. The lowest BCUT2D eigenvalue weighted by atomic mass is 9.69. The number of aromatic nitrogens is 2. The maximum atomic E-state index is 13.1. The molecule has 4 rings (SSSR count). The molecule has 6 nitrogen and oxygen atoms in total. The molecular weight excluding hydrogens is 402 g/mol. The average molecular weight is 432 g/mol. The van der Waals surface area contributed by atoms with E-state index in [9.17, 15) is 9.59 Å². The summed E-state index contributed by atoms with van der Waals surface area (Å²) >= 11 is 6.10. The smallest absolute Gasteiger partial charge is 0.410 e. The van der Waals surface area contributed by atoms with Crippen molar-refractivity contribution >= 4 is 28.6 Å². The Kier molecular flexibility index (Phi) is 5.56. The molecule has 162 valence electrons. The SMILES string of the molecule is CC(C)(C)OC(=O)N1CC[C@@H](Cn2cnc3ccc(Cl)cc3c2=O)C2(CCCC2)C1. The highest BCUT2D eigenvalue weighted by molar-refractivity contribution is 6.31. The number of nitrogens with zero attached hydrogens (tertiary/aromatic N) is 3. The van der Waals surface area contributed by atoms with Crippen LogP contribution in [0.5, 0.6) is 0 Å². The first-order chi connectivity index (χ1) is 14.2. The van der Waals surface area contributed by atoms with Crippen LogP contribution < -0.4 is 5.56 Å². The lowest BCUT2D eigenvalue weighted by molar-refractivity contribution is -0.0156. The molecule has 2 heterocycles. The van der Waals surface area contributed by atoms with Crippen LogP contribution in [0.3, 0.4) is 0 Å². The van der Waals surface area contributed by atoms with Gasteiger partial charge in [-0.3, -0.25) is 9.36 Å². The molecule has 1 aliphatic carbocycles. The number of carbonyl (C=O) groups excluding carboxylic acids is 1. The molecule has 2 fully saturated rings. The zero-order chi connectivity index (χ0) is 21.5. The topological polar surface area (TPSA) is 64.4 Å². The normalized spacial score (nSPS) is 21.3. The van der Waals surface area contributed by atoms with E-state index in [-0.39, 0.29) is 17.1 Å². The molecule has 0 radical (unpaired) electrons. The Morgan fingerprint density at radius 3 is 2.73 bits per heavy atom. The van der Waals surface area contributed by atoms with E-state index in [0.717, 1.165) is 19.3 Å². The minimum atomic E-state index is -0.498. The average Bonchev–Trinajstić information content (AvgIpc) is 3.13. The molecule has 1 amide bonds. The van der Waals surface area contributed by atoms with Crippen LogP contribution in [0.4, 0.5) is 4.79 Å². The highest BCUT2D eigenvalue weighted by Gasteiger charge is 2.46. The number of piperidine rings is 1. The molecular formula is C23H30ClN3O3. The summed E-state index contributed by atoms with van der Waals surface area (Å²) in [5, 5.41) is 1.09. The van der Waals surface area contributed by atoms with E-state index >= 15 is 0 Å². The van der Waals surface area contributed by atoms with Gasteiger partial charge in [0.1, 0.15) is 5.60 Å². The summed E-state index contributed by atoms with van der Waals surface area (Å²) in [7, 11) is 0. The summed E-state index contributed by atoms with van der Waals surface area (Å²) in [6, 6.07) is 5.22. The van der Waals surface area contributed by atoms with E-state index in [0.29, 0.717) is 41.5 Å². The first-order valence-electron chi connectivity index (χ1n) is 10.8. The number of hydrogen-bond donors (Lipinski definition) is 0. The van der Waals surface area contributed by atoms with Crippen molar-refractivity contribution in [2.75, 3.05) is 13.1 Å². The molecule has 1 aromatic heterocycles. The standard InChI is InChI=1S/C23H30ClN3O3/c1-22(2,3)30-21(29)26-11-8-16(23(14-26)9-4-5-10-23)13-27-15-25-19-7-6-17(24)12-18(19)20(27)28/h6-7,12,15-16H,4-5,8-11,13-14H2,1-3H3/t16-/m0/s1. The lowest BCUT2D eigenvalue weighted by Crippen LogP contribution is -2.52. The van der Waals surface area contributed by atoms with Gasteiger partial charge in [0, 0.05) is 24.7 Å². The minimum absolute atomic E-state index is 0.0396. The monoisotopic (exact) mass is 431 g/mol. The number of likely N-dealkylation sites (tertiary alicyclic amines) is 1. The molecule has 1 aromatic carbocycles. The number of hydrogen-bond acceptors (Lipinski definition) is 4. The fraction of sp³-hybridized carbons (Fsp3) is 0.609. The van der Waals surface area contributed by atoms with E-state index in [1.165, 1.54) is 12.8 Å². The van der Waals surface area contributed by atoms with Gasteiger partial charge in [-0.25, -0.2) is 9.78 Å². The molecule has 0 N–H and O–H groups in total. The maximum Gasteiger partial charge on any atom is 0.410 e. The zero-order valence-corrected chi connectivity index (χ0v) is 18.7. The second-order valence-electron chi connectivity index (χ2n) is 9.82. The van der Waals surface area contributed by atoms with E-state index in [2.05, 4.69) is 4.98 Å². The number of ether oxygens (including phenoxy) is 1. The predicted molar refractivity (Wildman–Crippen MR) is 118 cm³/mol. The number of amides is 1. The van der Waals surface area contributed by atoms with Gasteiger partial charge in [0.15, 0.2) is 0 Å². The fourth-order valence-electron chi connectivity index (χ4n) is 5.12. The first kappa shape index (κ1) is 21.2. The maximum absolute atomic E-state index is 13.1. The number of halogens is 1. The Bertz CT molecular complexity index is 1000. The zero-order valence-electron chi connectivity index (χ0n) is 18.0. The second kappa shape index (κ2) is 7.88. The molecule has 1 saturated carbocycles. The molecule has 30 heavy (non-hydrogen) atoms. The van der Waals surface area contributed by atoms with Gasteiger partial charge in [0.2, 0.25) is 0 Å². The van der Waals surface area contributed by atoms with Crippen molar-refractivity contribution in [1.29, 1.82) is 0 Å². The summed E-state index contributed by atoms with van der Waals surface area (Å²) in [5.74, 6) is 0.329. The van der Waals surface area contributed by atoms with Crippen molar-refractivity contribution in [3.8, 4) is 0 Å². The summed E-state index contributed by atoms with van der Waals surface area (Å²) < 4.78 is 7.35. The second-order valence-corrected chi connectivity index (χ2v) is 10.3. The van der Waals surface area contributed by atoms with Crippen molar-refractivity contribution in [1.82, 2.24) is 14.5 Å². The Morgan fingerprint density at radius 1 is 1.30 bits per heavy atom. The van der Waals surface area contributed by atoms with Crippen LogP contribution in [0.1, 0.15) is 52.9 Å². The molecule has 7 heteroatoms. The lowest BCUT2D eigenvalue weighted by Gasteiger charge is -2.46. The van der Waals surface area contributed by atoms with Gasteiger partial charge in [-0.1, -0.05) is 24.4 Å². The Morgan fingerprint density at radius 2 is 2.03 bits per heavy atom. The van der Waals surface area contributed by atoms with E-state index in [4.69, 9.17) is 16.3 Å². The van der Waals surface area contributed by atoms with Crippen LogP contribution in [-0.2, 0) is 11.3 Å². The van der Waals surface area contributed by atoms with Crippen LogP contribution in [0.25, 0.3) is 10.9 Å². The Hall–Kier alpha value is -2.08. The van der Waals surface area contributed by atoms with Crippen LogP contribution >= 0.6 is 11.6 Å². The fourth-order valence-corrected chi connectivity index (χ4v) is 5.29. The van der Waals surface area contributed by atoms with E-state index in [1.54, 1.807) is 29.1 Å².